The van der Waals surface area contributed by atoms with Crippen molar-refractivity contribution in [1.29, 1.82) is 0 Å². The smallest absolute Gasteiger partial charge is 0.248 e. The third-order valence-electron chi connectivity index (χ3n) is 8.14. The van der Waals surface area contributed by atoms with Crippen LogP contribution in [-0.2, 0) is 4.79 Å². The number of amides is 1. The van der Waals surface area contributed by atoms with E-state index in [9.17, 15) is 14.3 Å². The number of nitrogen functional groups attached to an aromatic ring is 1. The van der Waals surface area contributed by atoms with Crippen molar-refractivity contribution in [3.05, 3.63) is 47.9 Å². The van der Waals surface area contributed by atoms with Crippen molar-refractivity contribution in [3.8, 4) is 22.6 Å². The summed E-state index contributed by atoms with van der Waals surface area (Å²) in [6, 6.07) is 3.93. The van der Waals surface area contributed by atoms with Gasteiger partial charge in [-0.2, -0.15) is 14.0 Å². The predicted octanol–water partition coefficient (Wildman–Crippen LogP) is 3.01. The Balaban J connectivity index is 1.28. The fraction of sp³-hybridized carbons (Fsp3) is 0.423. The molecule has 1 amide bonds. The number of aliphatic hydroxyl groups excluding tert-OH is 1. The number of piperidine rings is 1. The number of H-pyrrole nitrogens is 1. The van der Waals surface area contributed by atoms with Crippen LogP contribution >= 0.6 is 0 Å². The number of nitrogens with two attached hydrogens (primary N) is 1. The first-order chi connectivity index (χ1) is 18.0. The van der Waals surface area contributed by atoms with Crippen molar-refractivity contribution < 1.29 is 14.3 Å². The molecule has 3 fully saturated rings. The number of nitrogens with zero attached hydrogens (tertiary/aromatic N) is 6. The highest BCUT2D eigenvalue weighted by Crippen LogP contribution is 2.50. The molecule has 0 spiro atoms. The topological polar surface area (TPSA) is 138 Å². The number of rotatable bonds is 5. The van der Waals surface area contributed by atoms with Crippen LogP contribution in [0.15, 0.2) is 30.7 Å². The van der Waals surface area contributed by atoms with E-state index in [1.807, 2.05) is 11.0 Å². The summed E-state index contributed by atoms with van der Waals surface area (Å²) in [4.78, 5) is 30.5. The van der Waals surface area contributed by atoms with Crippen LogP contribution in [0.4, 0.5) is 10.2 Å². The highest BCUT2D eigenvalue weighted by atomic mass is 19.1. The van der Waals surface area contributed by atoms with Gasteiger partial charge in [-0.3, -0.25) is 9.78 Å². The maximum Gasteiger partial charge on any atom is 0.248 e. The number of aromatic amines is 1. The molecule has 4 aromatic heterocycles. The second-order valence-corrected chi connectivity index (χ2v) is 10.4. The van der Waals surface area contributed by atoms with E-state index in [1.165, 1.54) is 0 Å². The van der Waals surface area contributed by atoms with Gasteiger partial charge in [0.05, 0.1) is 18.1 Å². The molecule has 0 radical (unpaired) electrons. The quantitative estimate of drug-likeness (QED) is 0.381. The van der Waals surface area contributed by atoms with E-state index in [1.54, 1.807) is 23.0 Å². The maximum absolute atomic E-state index is 13.3. The molecule has 2 saturated heterocycles. The van der Waals surface area contributed by atoms with Crippen molar-refractivity contribution in [1.82, 2.24) is 34.4 Å². The number of fused-ring (bicyclic) bond motifs is 3. The Hall–Kier alpha value is -3.86. The molecule has 10 nitrogen and oxygen atoms in total. The molecule has 2 bridgehead atoms. The van der Waals surface area contributed by atoms with Crippen LogP contribution in [0.2, 0.25) is 0 Å². The zero-order chi connectivity index (χ0) is 25.3. The number of pyridine rings is 1. The summed E-state index contributed by atoms with van der Waals surface area (Å²) in [5, 5.41) is 14.0. The van der Waals surface area contributed by atoms with E-state index in [0.717, 1.165) is 67.1 Å². The number of hydrogen-bond acceptors (Lipinski definition) is 7. The van der Waals surface area contributed by atoms with Crippen molar-refractivity contribution in [2.75, 3.05) is 12.3 Å². The van der Waals surface area contributed by atoms with Crippen LogP contribution in [0.25, 0.3) is 28.3 Å². The van der Waals surface area contributed by atoms with Gasteiger partial charge in [-0.05, 0) is 50.5 Å². The van der Waals surface area contributed by atoms with Crippen LogP contribution in [0.5, 0.6) is 0 Å². The third kappa shape index (κ3) is 3.59. The molecule has 4 N–H and O–H groups in total. The maximum atomic E-state index is 13.3. The standard InChI is InChI=1S/C26H27FN8O2/c27-20-11-30-25(32-20)19-6-3-14(9-29-19)18-10-31-35-24(28)22(13-1-2-13)23(33-26(18)35)15-7-16-4-5-17(8-15)34(16)21(37)12-36/h3,6,9-11,13,15-17,36H,1-2,4-5,7-8,12,28H2,(H,30,32)/t15?,16-,17+. The zero-order valence-corrected chi connectivity index (χ0v) is 20.1. The van der Waals surface area contributed by atoms with Crippen molar-refractivity contribution in [2.24, 2.45) is 0 Å². The normalized spacial score (nSPS) is 23.2. The first-order valence-electron chi connectivity index (χ1n) is 12.8. The Morgan fingerprint density at radius 1 is 1.08 bits per heavy atom. The number of carbonyl (C=O) groups is 1. The zero-order valence-electron chi connectivity index (χ0n) is 20.1. The lowest BCUT2D eigenvalue weighted by atomic mass is 9.85. The summed E-state index contributed by atoms with van der Waals surface area (Å²) < 4.78 is 15.1. The molecule has 1 saturated carbocycles. The van der Waals surface area contributed by atoms with Gasteiger partial charge in [-0.25, -0.2) is 9.97 Å². The Morgan fingerprint density at radius 2 is 1.86 bits per heavy atom. The fourth-order valence-electron chi connectivity index (χ4n) is 6.36. The molecular formula is C26H27FN8O2. The molecule has 11 heteroatoms. The lowest BCUT2D eigenvalue weighted by molar-refractivity contribution is -0.138. The molecule has 1 unspecified atom stereocenters. The minimum atomic E-state index is -0.512. The minimum absolute atomic E-state index is 0.127. The summed E-state index contributed by atoms with van der Waals surface area (Å²) in [6.07, 6.45) is 10.3. The molecule has 3 atom stereocenters. The Bertz CT molecular complexity index is 1500. The van der Waals surface area contributed by atoms with Crippen LogP contribution in [-0.4, -0.2) is 64.2 Å². The minimum Gasteiger partial charge on any atom is -0.387 e. The number of anilines is 1. The second kappa shape index (κ2) is 8.34. The lowest BCUT2D eigenvalue weighted by Crippen LogP contribution is -2.47. The Labute approximate surface area is 211 Å². The van der Waals surface area contributed by atoms with Gasteiger partial charge in [0.1, 0.15) is 18.1 Å². The van der Waals surface area contributed by atoms with Crippen LogP contribution in [0.1, 0.15) is 61.6 Å². The van der Waals surface area contributed by atoms with Crippen molar-refractivity contribution in [3.63, 3.8) is 0 Å². The largest absolute Gasteiger partial charge is 0.387 e. The monoisotopic (exact) mass is 502 g/mol. The van der Waals surface area contributed by atoms with E-state index in [2.05, 4.69) is 20.1 Å². The highest BCUT2D eigenvalue weighted by Gasteiger charge is 2.45. The first-order valence-corrected chi connectivity index (χ1v) is 12.8. The average molecular weight is 503 g/mol. The molecular weight excluding hydrogens is 475 g/mol. The second-order valence-electron chi connectivity index (χ2n) is 10.4. The van der Waals surface area contributed by atoms with Gasteiger partial charge in [0.2, 0.25) is 11.9 Å². The van der Waals surface area contributed by atoms with Crippen molar-refractivity contribution >= 4 is 17.4 Å². The summed E-state index contributed by atoms with van der Waals surface area (Å²) in [5.41, 5.74) is 11.7. The van der Waals surface area contributed by atoms with Gasteiger partial charge in [0.25, 0.3) is 0 Å². The molecule has 2 aliphatic heterocycles. The van der Waals surface area contributed by atoms with E-state index in [0.29, 0.717) is 28.9 Å². The predicted molar refractivity (Wildman–Crippen MR) is 133 cm³/mol. The number of aromatic nitrogens is 6. The van der Waals surface area contributed by atoms with Gasteiger partial charge in [0.15, 0.2) is 11.5 Å². The molecule has 3 aliphatic rings. The lowest BCUT2D eigenvalue weighted by Gasteiger charge is -2.39. The van der Waals surface area contributed by atoms with Gasteiger partial charge >= 0.3 is 0 Å². The molecule has 6 heterocycles. The number of carbonyl (C=O) groups excluding carboxylic acids is 1. The van der Waals surface area contributed by atoms with Crippen molar-refractivity contribution in [2.45, 2.75) is 62.4 Å². The van der Waals surface area contributed by atoms with E-state index in [-0.39, 0.29) is 23.9 Å². The van der Waals surface area contributed by atoms with Gasteiger partial charge in [-0.15, -0.1) is 0 Å². The van der Waals surface area contributed by atoms with Gasteiger partial charge < -0.3 is 20.7 Å². The highest BCUT2D eigenvalue weighted by molar-refractivity contribution is 5.80. The Kier molecular flexibility index (Phi) is 5.04. The third-order valence-corrected chi connectivity index (χ3v) is 8.14. The number of nitrogens with one attached hydrogen (secondary N) is 1. The van der Waals surface area contributed by atoms with Crippen LogP contribution in [0, 0.1) is 5.95 Å². The van der Waals surface area contributed by atoms with Crippen LogP contribution < -0.4 is 5.73 Å². The number of imidazole rings is 1. The van der Waals surface area contributed by atoms with E-state index < -0.39 is 12.6 Å². The Morgan fingerprint density at radius 3 is 2.49 bits per heavy atom. The summed E-state index contributed by atoms with van der Waals surface area (Å²) in [5.74, 6) is 0.892. The van der Waals surface area contributed by atoms with E-state index in [4.69, 9.17) is 10.7 Å². The number of hydrogen-bond donors (Lipinski definition) is 3. The number of halogens is 1. The van der Waals surface area contributed by atoms with E-state index >= 15 is 0 Å². The molecule has 190 valence electrons. The van der Waals surface area contributed by atoms with Gasteiger partial charge in [-0.1, -0.05) is 6.07 Å². The summed E-state index contributed by atoms with van der Waals surface area (Å²) in [6.45, 7) is -0.441. The number of aliphatic hydroxyl groups is 1. The molecule has 7 rings (SSSR count). The molecule has 37 heavy (non-hydrogen) atoms. The molecule has 1 aliphatic carbocycles. The summed E-state index contributed by atoms with van der Waals surface area (Å²) in [7, 11) is 0. The average Bonchev–Trinajstić information content (AvgIpc) is 3.40. The fourth-order valence-corrected chi connectivity index (χ4v) is 6.36. The molecule has 4 aromatic rings. The summed E-state index contributed by atoms with van der Waals surface area (Å²) >= 11 is 0. The SMILES string of the molecule is Nc1c(C2CC2)c(C2C[C@H]3CC[C@@H](C2)N3C(=O)CO)nc2c(-c3ccc(-c4ncc(F)[nH]4)nc3)cnn12. The first kappa shape index (κ1) is 22.3. The molecule has 0 aromatic carbocycles. The van der Waals surface area contributed by atoms with Gasteiger partial charge in [0, 0.05) is 40.9 Å². The van der Waals surface area contributed by atoms with Crippen LogP contribution in [0.3, 0.4) is 0 Å².